The molecule has 0 atom stereocenters. The van der Waals surface area contributed by atoms with E-state index >= 15 is 0 Å². The summed E-state index contributed by atoms with van der Waals surface area (Å²) in [5.74, 6) is -0.322. The van der Waals surface area contributed by atoms with Crippen molar-refractivity contribution in [3.8, 4) is 0 Å². The van der Waals surface area contributed by atoms with Crippen LogP contribution in [0.5, 0.6) is 0 Å². The second kappa shape index (κ2) is 8.02. The van der Waals surface area contributed by atoms with Crippen LogP contribution in [-0.4, -0.2) is 23.6 Å². The molecule has 2 heterocycles. The van der Waals surface area contributed by atoms with Crippen molar-refractivity contribution in [1.29, 1.82) is 0 Å². The van der Waals surface area contributed by atoms with Gasteiger partial charge < -0.3 is 14.6 Å². The lowest BCUT2D eigenvalue weighted by Crippen LogP contribution is -2.19. The highest BCUT2D eigenvalue weighted by atomic mass is 32.1. The number of hydrogen-bond donors (Lipinski definition) is 1. The number of thiophene rings is 1. The Balaban J connectivity index is 2.08. The summed E-state index contributed by atoms with van der Waals surface area (Å²) >= 11 is 1.24. The van der Waals surface area contributed by atoms with Crippen LogP contribution >= 0.6 is 11.3 Å². The molecule has 2 aromatic heterocycles. The number of aromatic nitrogens is 1. The topological polar surface area (TPSA) is 60.3 Å². The molecule has 28 heavy (non-hydrogen) atoms. The third kappa shape index (κ3) is 3.47. The van der Waals surface area contributed by atoms with Crippen LogP contribution in [0.15, 0.2) is 42.3 Å². The van der Waals surface area contributed by atoms with E-state index in [1.165, 1.54) is 24.0 Å². The minimum absolute atomic E-state index is 0.259. The first-order valence-corrected chi connectivity index (χ1v) is 9.97. The first-order chi connectivity index (χ1) is 13.4. The molecule has 0 aliphatic carbocycles. The Bertz CT molecular complexity index is 1060. The second-order valence-electron chi connectivity index (χ2n) is 6.91. The van der Waals surface area contributed by atoms with Gasteiger partial charge in [0, 0.05) is 17.4 Å². The largest absolute Gasteiger partial charge is 0.465 e. The molecule has 3 aromatic rings. The third-order valence-corrected chi connectivity index (χ3v) is 5.71. The molecule has 3 rings (SSSR count). The van der Waals surface area contributed by atoms with Gasteiger partial charge in [-0.15, -0.1) is 17.9 Å². The highest BCUT2D eigenvalue weighted by Gasteiger charge is 2.23. The average Bonchev–Trinajstić information content (AvgIpc) is 3.24. The Hall–Kier alpha value is -2.86. The highest BCUT2D eigenvalue weighted by Crippen LogP contribution is 2.31. The van der Waals surface area contributed by atoms with Gasteiger partial charge in [0.2, 0.25) is 0 Å². The van der Waals surface area contributed by atoms with E-state index in [0.29, 0.717) is 28.7 Å². The van der Waals surface area contributed by atoms with Gasteiger partial charge in [0.15, 0.2) is 0 Å². The molecule has 6 heteroatoms. The molecule has 0 spiro atoms. The van der Waals surface area contributed by atoms with Crippen molar-refractivity contribution in [3.05, 3.63) is 64.0 Å². The molecule has 0 unspecified atom stereocenters. The number of ether oxygens (including phenoxy) is 1. The Morgan fingerprint density at radius 2 is 2.07 bits per heavy atom. The zero-order valence-electron chi connectivity index (χ0n) is 16.5. The summed E-state index contributed by atoms with van der Waals surface area (Å²) < 4.78 is 6.75. The van der Waals surface area contributed by atoms with Crippen molar-refractivity contribution in [2.24, 2.45) is 0 Å². The molecule has 0 bridgehead atoms. The average molecular weight is 397 g/mol. The number of rotatable bonds is 6. The second-order valence-corrected chi connectivity index (χ2v) is 7.83. The molecule has 1 amide bonds. The van der Waals surface area contributed by atoms with Crippen molar-refractivity contribution < 1.29 is 14.3 Å². The van der Waals surface area contributed by atoms with Crippen LogP contribution in [0.2, 0.25) is 0 Å². The van der Waals surface area contributed by atoms with E-state index in [4.69, 9.17) is 4.74 Å². The summed E-state index contributed by atoms with van der Waals surface area (Å²) in [6.07, 6.45) is 1.77. The van der Waals surface area contributed by atoms with Crippen molar-refractivity contribution >= 4 is 39.8 Å². The van der Waals surface area contributed by atoms with Gasteiger partial charge in [0.1, 0.15) is 10.6 Å². The maximum absolute atomic E-state index is 13.2. The lowest BCUT2D eigenvalue weighted by Gasteiger charge is -2.10. The number of hydrogen-bond acceptors (Lipinski definition) is 4. The number of carbonyl (C=O) groups excluding carboxylic acids is 2. The van der Waals surface area contributed by atoms with Crippen molar-refractivity contribution in [1.82, 2.24) is 4.57 Å². The molecule has 0 saturated carbocycles. The summed E-state index contributed by atoms with van der Waals surface area (Å²) in [7, 11) is 1.33. The highest BCUT2D eigenvalue weighted by molar-refractivity contribution is 7.12. The van der Waals surface area contributed by atoms with Gasteiger partial charge in [-0.1, -0.05) is 26.0 Å². The van der Waals surface area contributed by atoms with Gasteiger partial charge in [0.05, 0.1) is 12.8 Å². The van der Waals surface area contributed by atoms with E-state index in [2.05, 4.69) is 43.9 Å². The summed E-state index contributed by atoms with van der Waals surface area (Å²) in [6.45, 7) is 10.6. The predicted molar refractivity (Wildman–Crippen MR) is 115 cm³/mol. The SMILES string of the molecule is C=CCn1c(C(=O)Nc2ccsc2C(=O)OC)c(C)c2cc(C(C)C)ccc21. The molecule has 0 saturated heterocycles. The smallest absolute Gasteiger partial charge is 0.350 e. The Morgan fingerprint density at radius 1 is 1.32 bits per heavy atom. The Morgan fingerprint density at radius 3 is 2.71 bits per heavy atom. The van der Waals surface area contributed by atoms with Gasteiger partial charge in [0.25, 0.3) is 5.91 Å². The standard InChI is InChI=1S/C22H24N2O3S/c1-6-10-24-18-8-7-15(13(2)3)12-16(18)14(4)19(24)21(25)23-17-9-11-28-20(17)22(26)27-5/h6-9,11-13H,1,10H2,2-5H3,(H,23,25). The Labute approximate surface area is 168 Å². The van der Waals surface area contributed by atoms with Gasteiger partial charge in [-0.25, -0.2) is 4.79 Å². The molecule has 0 fully saturated rings. The monoisotopic (exact) mass is 396 g/mol. The van der Waals surface area contributed by atoms with Crippen LogP contribution in [0.4, 0.5) is 5.69 Å². The van der Waals surface area contributed by atoms with Crippen molar-refractivity contribution in [2.75, 3.05) is 12.4 Å². The van der Waals surface area contributed by atoms with E-state index in [1.54, 1.807) is 17.5 Å². The molecule has 1 aromatic carbocycles. The maximum atomic E-state index is 13.2. The number of aryl methyl sites for hydroxylation is 1. The minimum Gasteiger partial charge on any atom is -0.465 e. The van der Waals surface area contributed by atoms with Gasteiger partial charge in [-0.3, -0.25) is 4.79 Å². The first-order valence-electron chi connectivity index (χ1n) is 9.09. The fourth-order valence-electron chi connectivity index (χ4n) is 3.35. The number of allylic oxidation sites excluding steroid dienone is 1. The molecule has 5 nitrogen and oxygen atoms in total. The van der Waals surface area contributed by atoms with Crippen molar-refractivity contribution in [2.45, 2.75) is 33.2 Å². The number of nitrogens with zero attached hydrogens (tertiary/aromatic N) is 1. The van der Waals surface area contributed by atoms with E-state index in [1.807, 2.05) is 11.5 Å². The maximum Gasteiger partial charge on any atom is 0.350 e. The zero-order chi connectivity index (χ0) is 20.4. The van der Waals surface area contributed by atoms with Crippen molar-refractivity contribution in [3.63, 3.8) is 0 Å². The Kier molecular flexibility index (Phi) is 5.70. The molecule has 0 radical (unpaired) electrons. The molecule has 0 aliphatic rings. The predicted octanol–water partition coefficient (Wildman–Crippen LogP) is 5.36. The lowest BCUT2D eigenvalue weighted by atomic mass is 10.0. The first kappa shape index (κ1) is 19.9. The number of anilines is 1. The van der Waals surface area contributed by atoms with Gasteiger partial charge >= 0.3 is 5.97 Å². The zero-order valence-corrected chi connectivity index (χ0v) is 17.4. The minimum atomic E-state index is -0.463. The van der Waals surface area contributed by atoms with Crippen LogP contribution in [0.25, 0.3) is 10.9 Å². The molecular weight excluding hydrogens is 372 g/mol. The molecule has 0 aliphatic heterocycles. The molecule has 1 N–H and O–H groups in total. The number of amides is 1. The molecule has 146 valence electrons. The van der Waals surface area contributed by atoms with E-state index in [0.717, 1.165) is 16.5 Å². The number of esters is 1. The van der Waals surface area contributed by atoms with E-state index in [-0.39, 0.29) is 5.91 Å². The normalized spacial score (nSPS) is 11.0. The van der Waals surface area contributed by atoms with Gasteiger partial charge in [-0.05, 0) is 47.5 Å². The summed E-state index contributed by atoms with van der Waals surface area (Å²) in [6, 6.07) is 8.02. The fraction of sp³-hybridized carbons (Fsp3) is 0.273. The van der Waals surface area contributed by atoms with Crippen LogP contribution in [0.3, 0.4) is 0 Å². The third-order valence-electron chi connectivity index (χ3n) is 4.82. The summed E-state index contributed by atoms with van der Waals surface area (Å²) in [5.41, 5.74) is 4.15. The van der Waals surface area contributed by atoms with E-state index in [9.17, 15) is 9.59 Å². The quantitative estimate of drug-likeness (QED) is 0.451. The number of carbonyl (C=O) groups is 2. The number of benzene rings is 1. The number of nitrogens with one attached hydrogen (secondary N) is 1. The molecular formula is C22H24N2O3S. The summed E-state index contributed by atoms with van der Waals surface area (Å²) in [5, 5.41) is 5.68. The summed E-state index contributed by atoms with van der Waals surface area (Å²) in [4.78, 5) is 25.5. The van der Waals surface area contributed by atoms with E-state index < -0.39 is 5.97 Å². The van der Waals surface area contributed by atoms with Crippen LogP contribution in [-0.2, 0) is 11.3 Å². The fourth-order valence-corrected chi connectivity index (χ4v) is 4.12. The van der Waals surface area contributed by atoms with Gasteiger partial charge in [-0.2, -0.15) is 0 Å². The van der Waals surface area contributed by atoms with Crippen LogP contribution in [0.1, 0.15) is 51.1 Å². The lowest BCUT2D eigenvalue weighted by molar-refractivity contribution is 0.0607. The number of fused-ring (bicyclic) bond motifs is 1. The number of methoxy groups -OCH3 is 1. The van der Waals surface area contributed by atoms with Crippen LogP contribution < -0.4 is 5.32 Å². The van der Waals surface area contributed by atoms with Crippen LogP contribution in [0, 0.1) is 6.92 Å².